The molecule has 4 aliphatic heterocycles. The van der Waals surface area contributed by atoms with Gasteiger partial charge in [-0.25, -0.2) is 4.79 Å². The van der Waals surface area contributed by atoms with Crippen molar-refractivity contribution in [3.8, 4) is 5.75 Å². The SMILES string of the molecule is NC(=O)N1C(=O)C2C(C1=O)C1C=C(c3ccc(CO)cc3)C2C(c2ccc(CN3CCCC3)cc2)N1Cc1cccc(OC(F)(F)F)c1. The van der Waals surface area contributed by atoms with E-state index in [0.29, 0.717) is 16.0 Å². The number of nitrogens with two attached hydrogens (primary N) is 1. The molecule has 3 N–H and O–H groups in total. The van der Waals surface area contributed by atoms with Crippen molar-refractivity contribution < 1.29 is 37.4 Å². The molecule has 3 fully saturated rings. The zero-order valence-corrected chi connectivity index (χ0v) is 26.0. The summed E-state index contributed by atoms with van der Waals surface area (Å²) in [5.41, 5.74) is 10.4. The molecule has 250 valence electrons. The number of urea groups is 1. The van der Waals surface area contributed by atoms with Crippen LogP contribution < -0.4 is 10.5 Å². The molecule has 5 unspecified atom stereocenters. The minimum atomic E-state index is -4.87. The van der Waals surface area contributed by atoms with E-state index < -0.39 is 54.0 Å². The van der Waals surface area contributed by atoms with Crippen LogP contribution in [0.3, 0.4) is 0 Å². The molecule has 0 saturated carbocycles. The molecule has 0 spiro atoms. The van der Waals surface area contributed by atoms with Gasteiger partial charge in [0.1, 0.15) is 5.75 Å². The fourth-order valence-corrected chi connectivity index (χ4v) is 8.08. The van der Waals surface area contributed by atoms with E-state index >= 15 is 0 Å². The summed E-state index contributed by atoms with van der Waals surface area (Å²) in [6.07, 6.45) is -0.601. The van der Waals surface area contributed by atoms with Crippen molar-refractivity contribution >= 4 is 23.4 Å². The number of aliphatic hydroxyl groups is 1. The first kappa shape index (κ1) is 32.0. The number of aliphatic hydroxyl groups excluding tert-OH is 1. The molecule has 48 heavy (non-hydrogen) atoms. The molecule has 9 nitrogen and oxygen atoms in total. The van der Waals surface area contributed by atoms with E-state index in [4.69, 9.17) is 5.73 Å². The summed E-state index contributed by atoms with van der Waals surface area (Å²) in [6.45, 7) is 2.87. The monoisotopic (exact) mass is 660 g/mol. The first-order chi connectivity index (χ1) is 23.0. The molecular weight excluding hydrogens is 625 g/mol. The lowest BCUT2D eigenvalue weighted by Gasteiger charge is -2.55. The van der Waals surface area contributed by atoms with Gasteiger partial charge in [0.05, 0.1) is 18.4 Å². The molecule has 5 atom stereocenters. The van der Waals surface area contributed by atoms with Gasteiger partial charge in [0.15, 0.2) is 0 Å². The van der Waals surface area contributed by atoms with Crippen LogP contribution in [0, 0.1) is 17.8 Å². The van der Waals surface area contributed by atoms with Gasteiger partial charge in [-0.3, -0.25) is 19.4 Å². The van der Waals surface area contributed by atoms with E-state index in [1.165, 1.54) is 31.0 Å². The van der Waals surface area contributed by atoms with Gasteiger partial charge in [0.25, 0.3) is 0 Å². The van der Waals surface area contributed by atoms with Crippen LogP contribution in [-0.2, 0) is 29.3 Å². The second kappa shape index (κ2) is 12.5. The highest BCUT2D eigenvalue weighted by Gasteiger charge is 2.64. The largest absolute Gasteiger partial charge is 0.573 e. The van der Waals surface area contributed by atoms with Gasteiger partial charge >= 0.3 is 12.4 Å². The van der Waals surface area contributed by atoms with Gasteiger partial charge < -0.3 is 15.6 Å². The normalized spacial score (nSPS) is 25.8. The van der Waals surface area contributed by atoms with E-state index in [2.05, 4.69) is 21.8 Å². The van der Waals surface area contributed by atoms with Gasteiger partial charge in [-0.1, -0.05) is 66.7 Å². The average molecular weight is 661 g/mol. The molecule has 3 aromatic carbocycles. The number of benzene rings is 3. The zero-order valence-electron chi connectivity index (χ0n) is 26.0. The average Bonchev–Trinajstić information content (AvgIpc) is 3.66. The van der Waals surface area contributed by atoms with Gasteiger partial charge in [0, 0.05) is 31.1 Å². The Hall–Kier alpha value is -4.52. The molecule has 4 amide bonds. The Morgan fingerprint density at radius 3 is 2.17 bits per heavy atom. The lowest BCUT2D eigenvalue weighted by atomic mass is 9.60. The van der Waals surface area contributed by atoms with E-state index in [9.17, 15) is 32.7 Å². The van der Waals surface area contributed by atoms with Crippen molar-refractivity contribution in [1.29, 1.82) is 0 Å². The molecule has 5 aliphatic rings. The van der Waals surface area contributed by atoms with Gasteiger partial charge in [-0.05, 0) is 71.5 Å². The number of piperidine rings is 1. The number of alkyl halides is 3. The number of rotatable bonds is 8. The number of halogens is 3. The molecule has 2 bridgehead atoms. The molecule has 0 radical (unpaired) electrons. The van der Waals surface area contributed by atoms with Crippen molar-refractivity contribution in [2.45, 2.75) is 51.0 Å². The van der Waals surface area contributed by atoms with E-state index in [0.717, 1.165) is 41.9 Å². The van der Waals surface area contributed by atoms with Crippen molar-refractivity contribution in [1.82, 2.24) is 14.7 Å². The Morgan fingerprint density at radius 2 is 1.52 bits per heavy atom. The Bertz CT molecular complexity index is 1750. The van der Waals surface area contributed by atoms with Gasteiger partial charge in [-0.15, -0.1) is 13.2 Å². The van der Waals surface area contributed by atoms with Crippen LogP contribution in [-0.4, -0.2) is 63.1 Å². The Labute approximate surface area is 275 Å². The molecular formula is C36H35F3N4O5. The number of hydrogen-bond donors (Lipinski definition) is 2. The number of fused-ring (bicyclic) bond motifs is 1. The quantitative estimate of drug-likeness (QED) is 0.327. The minimum absolute atomic E-state index is 0.130. The molecule has 3 aromatic rings. The number of hydrogen-bond acceptors (Lipinski definition) is 7. The maximum Gasteiger partial charge on any atom is 0.573 e. The smallest absolute Gasteiger partial charge is 0.406 e. The number of carbonyl (C=O) groups is 3. The van der Waals surface area contributed by atoms with Crippen molar-refractivity contribution in [3.05, 3.63) is 107 Å². The summed E-state index contributed by atoms with van der Waals surface area (Å²) in [4.78, 5) is 45.1. The van der Waals surface area contributed by atoms with Gasteiger partial charge in [0.2, 0.25) is 11.8 Å². The third kappa shape index (κ3) is 5.88. The summed E-state index contributed by atoms with van der Waals surface area (Å²) < 4.78 is 43.5. The second-order valence-corrected chi connectivity index (χ2v) is 12.9. The first-order valence-corrected chi connectivity index (χ1v) is 16.0. The molecule has 8 rings (SSSR count). The standard InChI is InChI=1S/C36H35F3N4O5/c37-36(38,39)48-26-5-3-4-23(16-26)19-42-28-17-27(24-10-8-22(20-44)9-11-24)29(31-30(28)33(45)43(34(31)46)35(40)47)32(42)25-12-6-21(7-13-25)18-41-14-1-2-15-41/h3-13,16-17,28-32,44H,1-2,14-15,18-20H2,(H2,40,47). The number of carbonyl (C=O) groups excluding carboxylic acids is 3. The van der Waals surface area contributed by atoms with Crippen LogP contribution in [0.1, 0.15) is 46.7 Å². The van der Waals surface area contributed by atoms with Crippen molar-refractivity contribution in [3.63, 3.8) is 0 Å². The van der Waals surface area contributed by atoms with Crippen molar-refractivity contribution in [2.75, 3.05) is 13.1 Å². The molecule has 4 heterocycles. The fraction of sp³-hybridized carbons (Fsp3) is 0.361. The number of likely N-dealkylation sites (tertiary alicyclic amines) is 2. The van der Waals surface area contributed by atoms with E-state index in [1.807, 2.05) is 35.2 Å². The number of imide groups is 3. The third-order valence-electron chi connectivity index (χ3n) is 10.1. The number of ether oxygens (including phenoxy) is 1. The zero-order chi connectivity index (χ0) is 33.7. The van der Waals surface area contributed by atoms with Crippen LogP contribution >= 0.6 is 0 Å². The summed E-state index contributed by atoms with van der Waals surface area (Å²) in [6, 6.07) is 18.8. The number of nitrogens with zero attached hydrogens (tertiary/aromatic N) is 3. The summed E-state index contributed by atoms with van der Waals surface area (Å²) in [5, 5.41) is 9.64. The summed E-state index contributed by atoms with van der Waals surface area (Å²) in [7, 11) is 0. The Kier molecular flexibility index (Phi) is 8.34. The van der Waals surface area contributed by atoms with Crippen LogP contribution in [0.25, 0.3) is 5.57 Å². The van der Waals surface area contributed by atoms with E-state index in [-0.39, 0.29) is 18.9 Å². The van der Waals surface area contributed by atoms with Crippen LogP contribution in [0.5, 0.6) is 5.75 Å². The molecule has 1 aliphatic carbocycles. The highest BCUT2D eigenvalue weighted by Crippen LogP contribution is 2.58. The number of primary amides is 1. The Morgan fingerprint density at radius 1 is 0.854 bits per heavy atom. The highest BCUT2D eigenvalue weighted by atomic mass is 19.4. The van der Waals surface area contributed by atoms with Gasteiger partial charge in [-0.2, -0.15) is 4.90 Å². The molecule has 12 heteroatoms. The van der Waals surface area contributed by atoms with Crippen LogP contribution in [0.4, 0.5) is 18.0 Å². The second-order valence-electron chi connectivity index (χ2n) is 12.9. The number of amides is 4. The third-order valence-corrected chi connectivity index (χ3v) is 10.1. The molecule has 3 saturated heterocycles. The maximum atomic E-state index is 13.9. The Balaban J connectivity index is 1.34. The predicted octanol–water partition coefficient (Wildman–Crippen LogP) is 4.99. The summed E-state index contributed by atoms with van der Waals surface area (Å²) >= 11 is 0. The van der Waals surface area contributed by atoms with Crippen molar-refractivity contribution in [2.24, 2.45) is 23.5 Å². The van der Waals surface area contributed by atoms with Crippen LogP contribution in [0.15, 0.2) is 78.9 Å². The minimum Gasteiger partial charge on any atom is -0.406 e. The maximum absolute atomic E-state index is 13.9. The summed E-state index contributed by atoms with van der Waals surface area (Å²) in [5.74, 6) is -4.12. The topological polar surface area (TPSA) is 116 Å². The lowest BCUT2D eigenvalue weighted by molar-refractivity contribution is -0.274. The molecule has 0 aromatic heterocycles. The lowest BCUT2D eigenvalue weighted by Crippen LogP contribution is -2.58. The first-order valence-electron chi connectivity index (χ1n) is 16.0. The van der Waals surface area contributed by atoms with Crippen LogP contribution in [0.2, 0.25) is 0 Å². The van der Waals surface area contributed by atoms with E-state index in [1.54, 1.807) is 18.2 Å². The fourth-order valence-electron chi connectivity index (χ4n) is 8.08. The highest BCUT2D eigenvalue weighted by molar-refractivity contribution is 6.17. The predicted molar refractivity (Wildman–Crippen MR) is 168 cm³/mol.